The van der Waals surface area contributed by atoms with Crippen molar-refractivity contribution in [2.45, 2.75) is 65.7 Å². The molecular formula is C15H27NO. The van der Waals surface area contributed by atoms with Crippen molar-refractivity contribution >= 4 is 5.91 Å². The first-order valence-electron chi connectivity index (χ1n) is 7.19. The Hall–Kier alpha value is -0.790. The van der Waals surface area contributed by atoms with E-state index in [2.05, 4.69) is 27.0 Å². The Morgan fingerprint density at radius 2 is 2.00 bits per heavy atom. The standard InChI is InChI=1S/C15H27NO/c1-4-6-8-14-10-9-13(3)15(17)16(12-14)11-7-5-2/h12-13H,4-11H2,1-3H3. The highest BCUT2D eigenvalue weighted by Gasteiger charge is 2.22. The van der Waals surface area contributed by atoms with Gasteiger partial charge in [-0.05, 0) is 32.1 Å². The normalized spacial score (nSPS) is 21.4. The van der Waals surface area contributed by atoms with Crippen LogP contribution in [0.5, 0.6) is 0 Å². The molecule has 1 heterocycles. The van der Waals surface area contributed by atoms with Crippen molar-refractivity contribution in [3.05, 3.63) is 11.8 Å². The van der Waals surface area contributed by atoms with Gasteiger partial charge in [0.25, 0.3) is 0 Å². The number of unbranched alkanes of at least 4 members (excludes halogenated alkanes) is 2. The summed E-state index contributed by atoms with van der Waals surface area (Å²) in [6.07, 6.45) is 10.2. The lowest BCUT2D eigenvalue weighted by Gasteiger charge is -2.20. The minimum atomic E-state index is 0.197. The molecule has 98 valence electrons. The van der Waals surface area contributed by atoms with Crippen molar-refractivity contribution < 1.29 is 4.79 Å². The monoisotopic (exact) mass is 237 g/mol. The summed E-state index contributed by atoms with van der Waals surface area (Å²) < 4.78 is 0. The van der Waals surface area contributed by atoms with Crippen molar-refractivity contribution in [2.75, 3.05) is 6.54 Å². The molecule has 0 saturated carbocycles. The number of nitrogens with zero attached hydrogens (tertiary/aromatic N) is 1. The Labute approximate surface area is 106 Å². The number of carbonyl (C=O) groups excluding carboxylic acids is 1. The van der Waals surface area contributed by atoms with Gasteiger partial charge in [0.2, 0.25) is 5.91 Å². The molecule has 2 heteroatoms. The molecule has 1 aliphatic heterocycles. The molecule has 1 rings (SSSR count). The van der Waals surface area contributed by atoms with E-state index >= 15 is 0 Å². The molecule has 1 aliphatic rings. The van der Waals surface area contributed by atoms with Crippen molar-refractivity contribution in [2.24, 2.45) is 5.92 Å². The molecule has 0 aliphatic carbocycles. The zero-order valence-corrected chi connectivity index (χ0v) is 11.7. The molecule has 0 aromatic heterocycles. The van der Waals surface area contributed by atoms with E-state index in [1.807, 2.05) is 4.90 Å². The maximum Gasteiger partial charge on any atom is 0.229 e. The summed E-state index contributed by atoms with van der Waals surface area (Å²) in [4.78, 5) is 14.1. The van der Waals surface area contributed by atoms with Crippen LogP contribution in [-0.4, -0.2) is 17.4 Å². The van der Waals surface area contributed by atoms with Gasteiger partial charge in [-0.1, -0.05) is 39.2 Å². The van der Waals surface area contributed by atoms with E-state index in [-0.39, 0.29) is 5.92 Å². The van der Waals surface area contributed by atoms with Crippen LogP contribution < -0.4 is 0 Å². The maximum atomic E-state index is 12.2. The second kappa shape index (κ2) is 7.52. The molecule has 17 heavy (non-hydrogen) atoms. The second-order valence-electron chi connectivity index (χ2n) is 5.22. The van der Waals surface area contributed by atoms with Gasteiger partial charge in [0.15, 0.2) is 0 Å². The molecule has 1 amide bonds. The summed E-state index contributed by atoms with van der Waals surface area (Å²) in [5.41, 5.74) is 1.47. The van der Waals surface area contributed by atoms with Crippen LogP contribution in [0.1, 0.15) is 65.7 Å². The number of amides is 1. The summed E-state index contributed by atoms with van der Waals surface area (Å²) in [5.74, 6) is 0.521. The van der Waals surface area contributed by atoms with Gasteiger partial charge < -0.3 is 4.90 Å². The zero-order valence-electron chi connectivity index (χ0n) is 11.7. The average molecular weight is 237 g/mol. The number of carbonyl (C=O) groups is 1. The lowest BCUT2D eigenvalue weighted by Crippen LogP contribution is -2.30. The first-order valence-corrected chi connectivity index (χ1v) is 7.19. The minimum Gasteiger partial charge on any atom is -0.319 e. The van der Waals surface area contributed by atoms with Gasteiger partial charge in [0, 0.05) is 18.7 Å². The molecule has 1 unspecified atom stereocenters. The van der Waals surface area contributed by atoms with Gasteiger partial charge in [-0.25, -0.2) is 0 Å². The van der Waals surface area contributed by atoms with E-state index in [1.165, 1.54) is 24.8 Å². The van der Waals surface area contributed by atoms with Crippen molar-refractivity contribution in [1.29, 1.82) is 0 Å². The first kappa shape index (κ1) is 14.3. The number of rotatable bonds is 6. The molecule has 0 radical (unpaired) electrons. The summed E-state index contributed by atoms with van der Waals surface area (Å²) in [7, 11) is 0. The van der Waals surface area contributed by atoms with Crippen LogP contribution in [0.3, 0.4) is 0 Å². The van der Waals surface area contributed by atoms with E-state index in [0.29, 0.717) is 5.91 Å². The van der Waals surface area contributed by atoms with Crippen molar-refractivity contribution in [3.63, 3.8) is 0 Å². The lowest BCUT2D eigenvalue weighted by molar-refractivity contribution is -0.132. The number of hydrogen-bond acceptors (Lipinski definition) is 1. The van der Waals surface area contributed by atoms with Crippen LogP contribution >= 0.6 is 0 Å². The maximum absolute atomic E-state index is 12.2. The van der Waals surface area contributed by atoms with E-state index in [4.69, 9.17) is 0 Å². The van der Waals surface area contributed by atoms with E-state index < -0.39 is 0 Å². The molecular weight excluding hydrogens is 210 g/mol. The Morgan fingerprint density at radius 1 is 1.29 bits per heavy atom. The van der Waals surface area contributed by atoms with E-state index in [1.54, 1.807) is 0 Å². The smallest absolute Gasteiger partial charge is 0.229 e. The van der Waals surface area contributed by atoms with Crippen LogP contribution in [-0.2, 0) is 4.79 Å². The number of hydrogen-bond donors (Lipinski definition) is 0. The predicted octanol–water partition coefficient (Wildman–Crippen LogP) is 4.12. The fraction of sp³-hybridized carbons (Fsp3) is 0.800. The van der Waals surface area contributed by atoms with Crippen LogP contribution in [0.25, 0.3) is 0 Å². The van der Waals surface area contributed by atoms with Gasteiger partial charge in [0.05, 0.1) is 0 Å². The fourth-order valence-corrected chi connectivity index (χ4v) is 2.25. The second-order valence-corrected chi connectivity index (χ2v) is 5.22. The molecule has 0 spiro atoms. The molecule has 0 aromatic rings. The van der Waals surface area contributed by atoms with Crippen molar-refractivity contribution in [3.8, 4) is 0 Å². The Balaban J connectivity index is 2.67. The highest BCUT2D eigenvalue weighted by molar-refractivity contribution is 5.80. The third-order valence-electron chi connectivity index (χ3n) is 3.55. The first-order chi connectivity index (χ1) is 8.19. The Bertz CT molecular complexity index is 270. The van der Waals surface area contributed by atoms with E-state index in [9.17, 15) is 4.79 Å². The Kier molecular flexibility index (Phi) is 6.31. The summed E-state index contributed by atoms with van der Waals surface area (Å²) in [5, 5.41) is 0. The highest BCUT2D eigenvalue weighted by atomic mass is 16.2. The summed E-state index contributed by atoms with van der Waals surface area (Å²) in [6.45, 7) is 7.36. The molecule has 2 nitrogen and oxygen atoms in total. The van der Waals surface area contributed by atoms with Gasteiger partial charge in [0.1, 0.15) is 0 Å². The van der Waals surface area contributed by atoms with Gasteiger partial charge in [-0.2, -0.15) is 0 Å². The molecule has 0 aromatic carbocycles. The van der Waals surface area contributed by atoms with Gasteiger partial charge in [-0.15, -0.1) is 0 Å². The van der Waals surface area contributed by atoms with Crippen molar-refractivity contribution in [1.82, 2.24) is 4.90 Å². The molecule has 1 atom stereocenters. The van der Waals surface area contributed by atoms with Crippen LogP contribution in [0, 0.1) is 5.92 Å². The third kappa shape index (κ3) is 4.53. The average Bonchev–Trinajstić information content (AvgIpc) is 2.47. The summed E-state index contributed by atoms with van der Waals surface area (Å²) in [6, 6.07) is 0. The molecule has 0 bridgehead atoms. The van der Waals surface area contributed by atoms with Gasteiger partial charge in [-0.3, -0.25) is 4.79 Å². The van der Waals surface area contributed by atoms with Gasteiger partial charge >= 0.3 is 0 Å². The minimum absolute atomic E-state index is 0.197. The largest absolute Gasteiger partial charge is 0.319 e. The predicted molar refractivity (Wildman–Crippen MR) is 72.6 cm³/mol. The number of allylic oxidation sites excluding steroid dienone is 1. The van der Waals surface area contributed by atoms with Crippen LogP contribution in [0.2, 0.25) is 0 Å². The van der Waals surface area contributed by atoms with Crippen LogP contribution in [0.15, 0.2) is 11.8 Å². The van der Waals surface area contributed by atoms with E-state index in [0.717, 1.165) is 32.2 Å². The topological polar surface area (TPSA) is 20.3 Å². The summed E-state index contributed by atoms with van der Waals surface area (Å²) >= 11 is 0. The molecule has 0 N–H and O–H groups in total. The third-order valence-corrected chi connectivity index (χ3v) is 3.55. The molecule has 0 fully saturated rings. The Morgan fingerprint density at radius 3 is 2.65 bits per heavy atom. The zero-order chi connectivity index (χ0) is 12.7. The quantitative estimate of drug-likeness (QED) is 0.680. The lowest BCUT2D eigenvalue weighted by atomic mass is 10.00. The SMILES string of the molecule is CCCCC1=CN(CCCC)C(=O)C(C)CC1. The fourth-order valence-electron chi connectivity index (χ4n) is 2.25. The van der Waals surface area contributed by atoms with Crippen LogP contribution in [0.4, 0.5) is 0 Å². The highest BCUT2D eigenvalue weighted by Crippen LogP contribution is 2.24. The molecule has 0 saturated heterocycles.